The summed E-state index contributed by atoms with van der Waals surface area (Å²) in [7, 11) is -1.95. The second kappa shape index (κ2) is 6.17. The number of aryl methyl sites for hydroxylation is 3. The highest BCUT2D eigenvalue weighted by atomic mass is 28.3. The molecule has 0 fully saturated rings. The van der Waals surface area contributed by atoms with E-state index in [-0.39, 0.29) is 0 Å². The minimum Gasteiger partial charge on any atom is -0.0620 e. The van der Waals surface area contributed by atoms with Crippen LogP contribution < -0.4 is 15.6 Å². The summed E-state index contributed by atoms with van der Waals surface area (Å²) >= 11 is 0. The number of rotatable bonds is 3. The van der Waals surface area contributed by atoms with Crippen LogP contribution in [0.1, 0.15) is 16.7 Å². The van der Waals surface area contributed by atoms with Gasteiger partial charge in [0.1, 0.15) is 8.07 Å². The highest BCUT2D eigenvalue weighted by molar-refractivity contribution is 7.10. The molecule has 0 N–H and O–H groups in total. The first-order valence-electron chi connectivity index (χ1n) is 8.21. The Morgan fingerprint density at radius 2 is 0.652 bits per heavy atom. The molecular weight excluding hydrogens is 292 g/mol. The maximum absolute atomic E-state index is 2.47. The van der Waals surface area contributed by atoms with Crippen LogP contribution in [0.4, 0.5) is 0 Å². The summed E-state index contributed by atoms with van der Waals surface area (Å²) in [4.78, 5) is 0. The Labute approximate surface area is 140 Å². The van der Waals surface area contributed by atoms with Crippen LogP contribution in [0.15, 0.2) is 72.8 Å². The van der Waals surface area contributed by atoms with Gasteiger partial charge in [-0.1, -0.05) is 96.0 Å². The molecule has 3 rings (SSSR count). The minimum absolute atomic E-state index is 1.32. The van der Waals surface area contributed by atoms with Crippen molar-refractivity contribution >= 4 is 23.6 Å². The maximum Gasteiger partial charge on any atom is 0.145 e. The fraction of sp³-hybridized carbons (Fsp3) is 0.182. The van der Waals surface area contributed by atoms with E-state index in [1.165, 1.54) is 32.3 Å². The second-order valence-electron chi connectivity index (χ2n) is 6.72. The molecule has 0 saturated heterocycles. The molecule has 0 aromatic heterocycles. The lowest BCUT2D eigenvalue weighted by molar-refractivity contribution is 1.47. The summed E-state index contributed by atoms with van der Waals surface area (Å²) in [5.41, 5.74) is 3.95. The molecule has 0 radical (unpaired) electrons. The SMILES string of the molecule is Cc1ccc([Si](C)(c2ccc(C)cc2)c2ccc(C)cc2)cc1. The monoisotopic (exact) mass is 316 g/mol. The lowest BCUT2D eigenvalue weighted by atomic mass is 10.2. The van der Waals surface area contributed by atoms with Crippen LogP contribution in [0, 0.1) is 20.8 Å². The lowest BCUT2D eigenvalue weighted by Crippen LogP contribution is -2.64. The quantitative estimate of drug-likeness (QED) is 0.510. The van der Waals surface area contributed by atoms with Crippen molar-refractivity contribution in [1.82, 2.24) is 0 Å². The molecule has 23 heavy (non-hydrogen) atoms. The molecule has 0 saturated carbocycles. The van der Waals surface area contributed by atoms with Crippen molar-refractivity contribution < 1.29 is 0 Å². The molecule has 0 atom stereocenters. The number of benzene rings is 3. The normalized spacial score (nSPS) is 11.5. The van der Waals surface area contributed by atoms with Gasteiger partial charge in [0.2, 0.25) is 0 Å². The maximum atomic E-state index is 2.47. The van der Waals surface area contributed by atoms with Gasteiger partial charge in [-0.15, -0.1) is 0 Å². The van der Waals surface area contributed by atoms with Crippen molar-refractivity contribution in [3.05, 3.63) is 89.5 Å². The molecule has 3 aromatic carbocycles. The van der Waals surface area contributed by atoms with Gasteiger partial charge in [-0.05, 0) is 36.3 Å². The first kappa shape index (κ1) is 15.8. The first-order chi connectivity index (χ1) is 11.0. The molecule has 0 aliphatic heterocycles. The zero-order valence-electron chi connectivity index (χ0n) is 14.4. The Hall–Kier alpha value is -2.12. The molecule has 0 aliphatic rings. The minimum atomic E-state index is -1.95. The van der Waals surface area contributed by atoms with Gasteiger partial charge in [0.25, 0.3) is 0 Å². The smallest absolute Gasteiger partial charge is 0.0620 e. The fourth-order valence-corrected chi connectivity index (χ4v) is 6.66. The van der Waals surface area contributed by atoms with Crippen LogP contribution in [0.25, 0.3) is 0 Å². The van der Waals surface area contributed by atoms with Crippen LogP contribution in [-0.4, -0.2) is 8.07 Å². The third-order valence-electron chi connectivity index (χ3n) is 4.89. The van der Waals surface area contributed by atoms with Gasteiger partial charge in [0, 0.05) is 0 Å². The lowest BCUT2D eigenvalue weighted by Gasteiger charge is -2.30. The van der Waals surface area contributed by atoms with E-state index in [2.05, 4.69) is 100 Å². The Morgan fingerprint density at radius 1 is 0.435 bits per heavy atom. The molecule has 3 aromatic rings. The molecule has 0 unspecified atom stereocenters. The van der Waals surface area contributed by atoms with Crippen molar-refractivity contribution in [3.63, 3.8) is 0 Å². The van der Waals surface area contributed by atoms with Gasteiger partial charge < -0.3 is 0 Å². The Balaban J connectivity index is 2.21. The van der Waals surface area contributed by atoms with Crippen LogP contribution in [-0.2, 0) is 0 Å². The van der Waals surface area contributed by atoms with Gasteiger partial charge >= 0.3 is 0 Å². The predicted molar refractivity (Wildman–Crippen MR) is 104 cm³/mol. The van der Waals surface area contributed by atoms with E-state index >= 15 is 0 Å². The van der Waals surface area contributed by atoms with E-state index in [1.54, 1.807) is 0 Å². The Bertz CT molecular complexity index is 670. The molecular formula is C22H24Si. The van der Waals surface area contributed by atoms with Crippen LogP contribution in [0.2, 0.25) is 6.55 Å². The number of hydrogen-bond acceptors (Lipinski definition) is 0. The summed E-state index contributed by atoms with van der Waals surface area (Å²) in [6.45, 7) is 8.92. The molecule has 1 heteroatoms. The van der Waals surface area contributed by atoms with Gasteiger partial charge in [-0.3, -0.25) is 0 Å². The van der Waals surface area contributed by atoms with Gasteiger partial charge in [0.05, 0.1) is 0 Å². The zero-order valence-corrected chi connectivity index (χ0v) is 15.4. The standard InChI is InChI=1S/C22H24Si/c1-17-5-11-20(12-6-17)23(4,21-13-7-18(2)8-14-21)22-15-9-19(3)10-16-22/h5-16H,1-4H3. The van der Waals surface area contributed by atoms with Crippen molar-refractivity contribution in [3.8, 4) is 0 Å². The molecule has 0 bridgehead atoms. The van der Waals surface area contributed by atoms with Gasteiger partial charge in [-0.2, -0.15) is 0 Å². The average Bonchev–Trinajstić information content (AvgIpc) is 2.56. The Kier molecular flexibility index (Phi) is 4.23. The Morgan fingerprint density at radius 3 is 0.870 bits per heavy atom. The fourth-order valence-electron chi connectivity index (χ4n) is 3.16. The van der Waals surface area contributed by atoms with E-state index < -0.39 is 8.07 Å². The molecule has 116 valence electrons. The topological polar surface area (TPSA) is 0 Å². The van der Waals surface area contributed by atoms with Crippen LogP contribution in [0.3, 0.4) is 0 Å². The predicted octanol–water partition coefficient (Wildman–Crippen LogP) is 3.71. The molecule has 0 spiro atoms. The van der Waals surface area contributed by atoms with E-state index in [1.807, 2.05) is 0 Å². The van der Waals surface area contributed by atoms with E-state index in [0.29, 0.717) is 0 Å². The summed E-state index contributed by atoms with van der Waals surface area (Å²) in [6.07, 6.45) is 0. The van der Waals surface area contributed by atoms with Crippen molar-refractivity contribution in [2.45, 2.75) is 27.3 Å². The molecule has 0 amide bonds. The summed E-state index contributed by atoms with van der Waals surface area (Å²) in [6, 6.07) is 27.4. The van der Waals surface area contributed by atoms with E-state index in [4.69, 9.17) is 0 Å². The summed E-state index contributed by atoms with van der Waals surface area (Å²) in [5, 5.41) is 4.41. The average molecular weight is 317 g/mol. The molecule has 0 nitrogen and oxygen atoms in total. The molecule has 0 heterocycles. The van der Waals surface area contributed by atoms with Gasteiger partial charge in [-0.25, -0.2) is 0 Å². The highest BCUT2D eigenvalue weighted by Crippen LogP contribution is 2.10. The largest absolute Gasteiger partial charge is 0.145 e. The van der Waals surface area contributed by atoms with Gasteiger partial charge in [0.15, 0.2) is 0 Å². The van der Waals surface area contributed by atoms with Crippen LogP contribution in [0.5, 0.6) is 0 Å². The second-order valence-corrected chi connectivity index (χ2v) is 10.7. The number of hydrogen-bond donors (Lipinski definition) is 0. The van der Waals surface area contributed by atoms with Crippen molar-refractivity contribution in [2.24, 2.45) is 0 Å². The highest BCUT2D eigenvalue weighted by Gasteiger charge is 2.33. The zero-order chi connectivity index (χ0) is 16.4. The van der Waals surface area contributed by atoms with Crippen LogP contribution >= 0.6 is 0 Å². The van der Waals surface area contributed by atoms with E-state index in [0.717, 1.165) is 0 Å². The third-order valence-corrected chi connectivity index (χ3v) is 9.35. The van der Waals surface area contributed by atoms with Crippen molar-refractivity contribution in [2.75, 3.05) is 0 Å². The summed E-state index contributed by atoms with van der Waals surface area (Å²) < 4.78 is 0. The third kappa shape index (κ3) is 3.02. The van der Waals surface area contributed by atoms with Crippen molar-refractivity contribution in [1.29, 1.82) is 0 Å². The first-order valence-corrected chi connectivity index (χ1v) is 10.7. The molecule has 0 aliphatic carbocycles. The van der Waals surface area contributed by atoms with E-state index in [9.17, 15) is 0 Å². The summed E-state index contributed by atoms with van der Waals surface area (Å²) in [5.74, 6) is 0.